The lowest BCUT2D eigenvalue weighted by atomic mass is 10.1. The Labute approximate surface area is 183 Å². The summed E-state index contributed by atoms with van der Waals surface area (Å²) in [4.78, 5) is 37.1. The normalized spacial score (nSPS) is 10.2. The summed E-state index contributed by atoms with van der Waals surface area (Å²) in [5.74, 6) is -1.44. The second kappa shape index (κ2) is 9.91. The van der Waals surface area contributed by atoms with Crippen molar-refractivity contribution in [2.75, 3.05) is 5.32 Å². The number of hydrogen-bond donors (Lipinski definition) is 3. The molecule has 8 heteroatoms. The largest absolute Gasteiger partial charge is 0.321 e. The molecule has 152 valence electrons. The van der Waals surface area contributed by atoms with Gasteiger partial charge in [0.25, 0.3) is 11.8 Å². The minimum atomic E-state index is -0.575. The zero-order valence-corrected chi connectivity index (χ0v) is 17.1. The quantitative estimate of drug-likeness (QED) is 0.517. The molecule has 0 saturated heterocycles. The zero-order valence-electron chi connectivity index (χ0n) is 15.6. The van der Waals surface area contributed by atoms with E-state index in [1.807, 2.05) is 30.3 Å². The Hall–Kier alpha value is -3.35. The van der Waals surface area contributed by atoms with Gasteiger partial charge in [-0.2, -0.15) is 0 Å². The Bertz CT molecular complexity index is 1090. The van der Waals surface area contributed by atoms with Crippen molar-refractivity contribution in [1.82, 2.24) is 10.9 Å². The third kappa shape index (κ3) is 5.59. The number of benzene rings is 3. The number of rotatable bonds is 5. The van der Waals surface area contributed by atoms with Crippen molar-refractivity contribution in [3.63, 3.8) is 0 Å². The first-order valence-corrected chi connectivity index (χ1v) is 9.68. The van der Waals surface area contributed by atoms with E-state index in [0.29, 0.717) is 5.02 Å². The van der Waals surface area contributed by atoms with Crippen LogP contribution in [-0.2, 0) is 11.2 Å². The summed E-state index contributed by atoms with van der Waals surface area (Å²) in [5, 5.41) is 3.25. The lowest BCUT2D eigenvalue weighted by Gasteiger charge is -2.13. The van der Waals surface area contributed by atoms with Gasteiger partial charge in [-0.25, -0.2) is 0 Å². The molecule has 0 heterocycles. The maximum Gasteiger partial charge on any atom is 0.271 e. The van der Waals surface area contributed by atoms with Gasteiger partial charge in [0, 0.05) is 5.02 Å². The van der Waals surface area contributed by atoms with Crippen LogP contribution >= 0.6 is 23.2 Å². The van der Waals surface area contributed by atoms with E-state index in [1.54, 1.807) is 24.3 Å². The molecule has 3 amide bonds. The van der Waals surface area contributed by atoms with Crippen LogP contribution in [0.15, 0.2) is 72.8 Å². The molecule has 6 nitrogen and oxygen atoms in total. The van der Waals surface area contributed by atoms with E-state index in [0.717, 1.165) is 5.56 Å². The first-order chi connectivity index (χ1) is 14.4. The average Bonchev–Trinajstić information content (AvgIpc) is 2.73. The Morgan fingerprint density at radius 2 is 1.43 bits per heavy atom. The number of halogens is 2. The molecule has 0 atom stereocenters. The second-order valence-electron chi connectivity index (χ2n) is 6.29. The van der Waals surface area contributed by atoms with Gasteiger partial charge in [0.2, 0.25) is 5.91 Å². The minimum Gasteiger partial charge on any atom is -0.321 e. The van der Waals surface area contributed by atoms with Crippen LogP contribution < -0.4 is 16.2 Å². The van der Waals surface area contributed by atoms with Crippen LogP contribution in [0.4, 0.5) is 5.69 Å². The number of nitrogens with one attached hydrogen (secondary N) is 3. The number of hydrogen-bond acceptors (Lipinski definition) is 3. The third-order valence-corrected chi connectivity index (χ3v) is 4.67. The Morgan fingerprint density at radius 3 is 2.17 bits per heavy atom. The van der Waals surface area contributed by atoms with Crippen LogP contribution in [-0.4, -0.2) is 17.7 Å². The smallest absolute Gasteiger partial charge is 0.271 e. The van der Waals surface area contributed by atoms with Gasteiger partial charge in [-0.3, -0.25) is 25.2 Å². The maximum absolute atomic E-state index is 12.6. The molecule has 0 bridgehead atoms. The molecule has 0 unspecified atom stereocenters. The average molecular weight is 442 g/mol. The van der Waals surface area contributed by atoms with Crippen LogP contribution in [0, 0.1) is 0 Å². The highest BCUT2D eigenvalue weighted by molar-refractivity contribution is 6.37. The number of hydrazine groups is 1. The summed E-state index contributed by atoms with van der Waals surface area (Å²) in [7, 11) is 0. The molecule has 0 radical (unpaired) electrons. The fourth-order valence-electron chi connectivity index (χ4n) is 2.67. The van der Waals surface area contributed by atoms with Gasteiger partial charge in [0.1, 0.15) is 0 Å². The standard InChI is InChI=1S/C22H17Cl2N3O3/c23-15-10-11-16(18(24)13-15)21(29)25-19-9-5-4-8-17(19)22(30)27-26-20(28)12-14-6-2-1-3-7-14/h1-11,13H,12H2,(H,25,29)(H,26,28)(H,27,30). The predicted molar refractivity (Wildman–Crippen MR) is 117 cm³/mol. The molecule has 0 saturated carbocycles. The topological polar surface area (TPSA) is 87.3 Å². The first kappa shape index (κ1) is 21.4. The lowest BCUT2D eigenvalue weighted by Crippen LogP contribution is -2.42. The fraction of sp³-hybridized carbons (Fsp3) is 0.0455. The highest BCUT2D eigenvalue weighted by atomic mass is 35.5. The summed E-state index contributed by atoms with van der Waals surface area (Å²) in [6, 6.07) is 20.0. The van der Waals surface area contributed by atoms with E-state index < -0.39 is 11.8 Å². The lowest BCUT2D eigenvalue weighted by molar-refractivity contribution is -0.121. The molecule has 0 aliphatic heterocycles. The van der Waals surface area contributed by atoms with Gasteiger partial charge in [0.05, 0.1) is 28.3 Å². The fourth-order valence-corrected chi connectivity index (χ4v) is 3.17. The van der Waals surface area contributed by atoms with E-state index in [2.05, 4.69) is 16.2 Å². The van der Waals surface area contributed by atoms with Crippen LogP contribution in [0.5, 0.6) is 0 Å². The highest BCUT2D eigenvalue weighted by Gasteiger charge is 2.16. The predicted octanol–water partition coefficient (Wildman–Crippen LogP) is 4.25. The van der Waals surface area contributed by atoms with E-state index in [9.17, 15) is 14.4 Å². The van der Waals surface area contributed by atoms with E-state index >= 15 is 0 Å². The zero-order chi connectivity index (χ0) is 21.5. The van der Waals surface area contributed by atoms with Crippen molar-refractivity contribution in [3.8, 4) is 0 Å². The molecule has 0 fully saturated rings. The van der Waals surface area contributed by atoms with Crippen molar-refractivity contribution in [1.29, 1.82) is 0 Å². The van der Waals surface area contributed by atoms with Crippen LogP contribution in [0.1, 0.15) is 26.3 Å². The maximum atomic E-state index is 12.6. The molecule has 30 heavy (non-hydrogen) atoms. The van der Waals surface area contributed by atoms with Crippen LogP contribution in [0.25, 0.3) is 0 Å². The number of para-hydroxylation sites is 1. The molecule has 3 rings (SSSR count). The SMILES string of the molecule is O=C(Cc1ccccc1)NNC(=O)c1ccccc1NC(=O)c1ccc(Cl)cc1Cl. The third-order valence-electron chi connectivity index (χ3n) is 4.12. The van der Waals surface area contributed by atoms with Gasteiger partial charge in [-0.1, -0.05) is 65.7 Å². The van der Waals surface area contributed by atoms with E-state index in [-0.39, 0.29) is 34.2 Å². The molecule has 3 N–H and O–H groups in total. The first-order valence-electron chi connectivity index (χ1n) is 8.92. The number of amides is 3. The van der Waals surface area contributed by atoms with Crippen molar-refractivity contribution >= 4 is 46.6 Å². The Kier molecular flexibility index (Phi) is 7.06. The molecular formula is C22H17Cl2N3O3. The summed E-state index contributed by atoms with van der Waals surface area (Å²) in [6.07, 6.45) is 0.120. The highest BCUT2D eigenvalue weighted by Crippen LogP contribution is 2.23. The molecular weight excluding hydrogens is 425 g/mol. The van der Waals surface area contributed by atoms with E-state index in [4.69, 9.17) is 23.2 Å². The minimum absolute atomic E-state index is 0.120. The van der Waals surface area contributed by atoms with Gasteiger partial charge >= 0.3 is 0 Å². The number of anilines is 1. The van der Waals surface area contributed by atoms with Gasteiger partial charge in [-0.15, -0.1) is 0 Å². The van der Waals surface area contributed by atoms with Crippen LogP contribution in [0.2, 0.25) is 10.0 Å². The van der Waals surface area contributed by atoms with E-state index in [1.165, 1.54) is 18.2 Å². The van der Waals surface area contributed by atoms with Crippen LogP contribution in [0.3, 0.4) is 0 Å². The van der Waals surface area contributed by atoms with Crippen molar-refractivity contribution in [3.05, 3.63) is 99.5 Å². The van der Waals surface area contributed by atoms with Gasteiger partial charge in [0.15, 0.2) is 0 Å². The molecule has 0 aromatic heterocycles. The summed E-state index contributed by atoms with van der Waals surface area (Å²) in [5.41, 5.74) is 6.20. The molecule has 3 aromatic rings. The number of carbonyl (C=O) groups excluding carboxylic acids is 3. The Morgan fingerprint density at radius 1 is 0.733 bits per heavy atom. The van der Waals surface area contributed by atoms with Crippen molar-refractivity contribution in [2.45, 2.75) is 6.42 Å². The van der Waals surface area contributed by atoms with Gasteiger partial charge < -0.3 is 5.32 Å². The summed E-state index contributed by atoms with van der Waals surface area (Å²) < 4.78 is 0. The second-order valence-corrected chi connectivity index (χ2v) is 7.13. The number of carbonyl (C=O) groups is 3. The van der Waals surface area contributed by atoms with Crippen molar-refractivity contribution < 1.29 is 14.4 Å². The molecule has 0 spiro atoms. The molecule has 0 aliphatic carbocycles. The summed E-state index contributed by atoms with van der Waals surface area (Å²) in [6.45, 7) is 0. The Balaban J connectivity index is 1.66. The monoisotopic (exact) mass is 441 g/mol. The van der Waals surface area contributed by atoms with Gasteiger partial charge in [-0.05, 0) is 35.9 Å². The molecule has 3 aromatic carbocycles. The molecule has 0 aliphatic rings. The van der Waals surface area contributed by atoms with Crippen molar-refractivity contribution in [2.24, 2.45) is 0 Å². The summed E-state index contributed by atoms with van der Waals surface area (Å²) >= 11 is 11.9.